The molecule has 1 fully saturated rings. The maximum absolute atomic E-state index is 11.8. The largest absolute Gasteiger partial charge is 0.355 e. The van der Waals surface area contributed by atoms with Crippen molar-refractivity contribution in [3.05, 3.63) is 35.4 Å². The van der Waals surface area contributed by atoms with Crippen molar-refractivity contribution >= 4 is 11.8 Å². The monoisotopic (exact) mass is 329 g/mol. The summed E-state index contributed by atoms with van der Waals surface area (Å²) < 4.78 is 0. The zero-order valence-electron chi connectivity index (χ0n) is 14.4. The molecule has 0 aromatic heterocycles. The zero-order valence-corrected chi connectivity index (χ0v) is 14.4. The molecule has 1 saturated carbocycles. The van der Waals surface area contributed by atoms with Gasteiger partial charge in [-0.2, -0.15) is 0 Å². The molecule has 3 rings (SSSR count). The van der Waals surface area contributed by atoms with Gasteiger partial charge in [0.2, 0.25) is 11.8 Å². The van der Waals surface area contributed by atoms with E-state index in [2.05, 4.69) is 46.7 Å². The zero-order chi connectivity index (χ0) is 16.9. The van der Waals surface area contributed by atoms with Crippen molar-refractivity contribution in [2.45, 2.75) is 32.7 Å². The third-order valence-corrected chi connectivity index (χ3v) is 5.06. The quantitative estimate of drug-likeness (QED) is 0.793. The van der Waals surface area contributed by atoms with E-state index in [1.165, 1.54) is 11.1 Å². The van der Waals surface area contributed by atoms with Gasteiger partial charge in [0.15, 0.2) is 0 Å². The van der Waals surface area contributed by atoms with Gasteiger partial charge in [-0.25, -0.2) is 0 Å². The Balaban J connectivity index is 1.28. The van der Waals surface area contributed by atoms with E-state index in [-0.39, 0.29) is 17.7 Å². The molecule has 1 aromatic carbocycles. The molecule has 1 aliphatic heterocycles. The van der Waals surface area contributed by atoms with E-state index in [4.69, 9.17) is 0 Å². The van der Waals surface area contributed by atoms with Gasteiger partial charge in [-0.05, 0) is 29.9 Å². The standard InChI is InChI=1S/C19H27N3O2/c1-14-12-17(14)19(24)21-8-6-18(23)20-9-11-22-10-7-15-4-2-3-5-16(15)13-22/h2-5,14,17H,6-13H2,1H3,(H,20,23)(H,21,24)/t14-,17+/m0/s1. The fraction of sp³-hybridized carbons (Fsp3) is 0.579. The van der Waals surface area contributed by atoms with E-state index < -0.39 is 0 Å². The molecule has 0 spiro atoms. The van der Waals surface area contributed by atoms with Gasteiger partial charge >= 0.3 is 0 Å². The summed E-state index contributed by atoms with van der Waals surface area (Å²) in [7, 11) is 0. The predicted octanol–water partition coefficient (Wildman–Crippen LogP) is 1.32. The lowest BCUT2D eigenvalue weighted by molar-refractivity contribution is -0.123. The lowest BCUT2D eigenvalue weighted by Crippen LogP contribution is -2.38. The maximum Gasteiger partial charge on any atom is 0.223 e. The van der Waals surface area contributed by atoms with Gasteiger partial charge in [-0.15, -0.1) is 0 Å². The molecule has 2 atom stereocenters. The van der Waals surface area contributed by atoms with Crippen LogP contribution >= 0.6 is 0 Å². The number of carbonyl (C=O) groups excluding carboxylic acids is 2. The summed E-state index contributed by atoms with van der Waals surface area (Å²) in [6, 6.07) is 8.56. The summed E-state index contributed by atoms with van der Waals surface area (Å²) in [5.74, 6) is 0.794. The van der Waals surface area contributed by atoms with Crippen LogP contribution in [0.5, 0.6) is 0 Å². The van der Waals surface area contributed by atoms with Crippen molar-refractivity contribution < 1.29 is 9.59 Å². The molecule has 0 radical (unpaired) electrons. The highest BCUT2D eigenvalue weighted by molar-refractivity contribution is 5.82. The molecular formula is C19H27N3O2. The normalized spacial score (nSPS) is 22.5. The first-order chi connectivity index (χ1) is 11.6. The number of amides is 2. The highest BCUT2D eigenvalue weighted by Gasteiger charge is 2.38. The maximum atomic E-state index is 11.8. The fourth-order valence-electron chi connectivity index (χ4n) is 3.30. The number of rotatable bonds is 7. The molecule has 1 heterocycles. The first-order valence-corrected chi connectivity index (χ1v) is 8.97. The third kappa shape index (κ3) is 4.57. The predicted molar refractivity (Wildman–Crippen MR) is 93.3 cm³/mol. The first kappa shape index (κ1) is 17.0. The number of hydrogen-bond donors (Lipinski definition) is 2. The van der Waals surface area contributed by atoms with Gasteiger partial charge < -0.3 is 10.6 Å². The Labute approximate surface area is 143 Å². The van der Waals surface area contributed by atoms with Gasteiger partial charge in [-0.1, -0.05) is 31.2 Å². The Bertz CT molecular complexity index is 602. The summed E-state index contributed by atoms with van der Waals surface area (Å²) in [4.78, 5) is 25.9. The molecular weight excluding hydrogens is 302 g/mol. The molecule has 0 bridgehead atoms. The molecule has 2 amide bonds. The van der Waals surface area contributed by atoms with Gasteiger partial charge in [-0.3, -0.25) is 14.5 Å². The van der Waals surface area contributed by atoms with Crippen molar-refractivity contribution in [1.82, 2.24) is 15.5 Å². The molecule has 0 saturated heterocycles. The van der Waals surface area contributed by atoms with Crippen LogP contribution in [0.25, 0.3) is 0 Å². The van der Waals surface area contributed by atoms with Gasteiger partial charge in [0.05, 0.1) is 0 Å². The van der Waals surface area contributed by atoms with Gasteiger partial charge in [0, 0.05) is 45.1 Å². The van der Waals surface area contributed by atoms with E-state index in [0.717, 1.165) is 32.5 Å². The number of nitrogens with zero attached hydrogens (tertiary/aromatic N) is 1. The van der Waals surface area contributed by atoms with Crippen LogP contribution < -0.4 is 10.6 Å². The van der Waals surface area contributed by atoms with E-state index in [9.17, 15) is 9.59 Å². The second-order valence-corrected chi connectivity index (χ2v) is 7.01. The average molecular weight is 329 g/mol. The molecule has 2 aliphatic rings. The van der Waals surface area contributed by atoms with Crippen LogP contribution in [0.3, 0.4) is 0 Å². The Morgan fingerprint density at radius 2 is 1.92 bits per heavy atom. The Kier molecular flexibility index (Phi) is 5.51. The van der Waals surface area contributed by atoms with Gasteiger partial charge in [0.1, 0.15) is 0 Å². The topological polar surface area (TPSA) is 61.4 Å². The van der Waals surface area contributed by atoms with Crippen molar-refractivity contribution in [3.63, 3.8) is 0 Å². The van der Waals surface area contributed by atoms with Crippen LogP contribution in [0, 0.1) is 11.8 Å². The minimum Gasteiger partial charge on any atom is -0.355 e. The summed E-state index contributed by atoms with van der Waals surface area (Å²) in [5.41, 5.74) is 2.84. The number of fused-ring (bicyclic) bond motifs is 1. The molecule has 1 aliphatic carbocycles. The summed E-state index contributed by atoms with van der Waals surface area (Å²) in [5, 5.41) is 5.80. The van der Waals surface area contributed by atoms with Crippen molar-refractivity contribution in [1.29, 1.82) is 0 Å². The lowest BCUT2D eigenvalue weighted by atomic mass is 10.00. The molecule has 24 heavy (non-hydrogen) atoms. The molecule has 130 valence electrons. The number of nitrogens with one attached hydrogen (secondary N) is 2. The summed E-state index contributed by atoms with van der Waals surface area (Å²) >= 11 is 0. The van der Waals surface area contributed by atoms with Crippen LogP contribution in [0.15, 0.2) is 24.3 Å². The SMILES string of the molecule is C[C@H]1C[C@H]1C(=O)NCCC(=O)NCCN1CCc2ccccc2C1. The summed E-state index contributed by atoms with van der Waals surface area (Å²) in [6.07, 6.45) is 2.42. The van der Waals surface area contributed by atoms with Gasteiger partial charge in [0.25, 0.3) is 0 Å². The van der Waals surface area contributed by atoms with Crippen LogP contribution in [0.2, 0.25) is 0 Å². The third-order valence-electron chi connectivity index (χ3n) is 5.06. The molecule has 5 heteroatoms. The highest BCUT2D eigenvalue weighted by Crippen LogP contribution is 2.37. The summed E-state index contributed by atoms with van der Waals surface area (Å²) in [6.45, 7) is 6.05. The average Bonchev–Trinajstić information content (AvgIpc) is 3.31. The van der Waals surface area contributed by atoms with E-state index in [0.29, 0.717) is 25.4 Å². The molecule has 1 aromatic rings. The van der Waals surface area contributed by atoms with Crippen LogP contribution in [-0.4, -0.2) is 42.9 Å². The lowest BCUT2D eigenvalue weighted by Gasteiger charge is -2.28. The minimum absolute atomic E-state index is 0.0107. The van der Waals surface area contributed by atoms with Crippen molar-refractivity contribution in [2.24, 2.45) is 11.8 Å². The van der Waals surface area contributed by atoms with Crippen LogP contribution in [0.1, 0.15) is 30.9 Å². The minimum atomic E-state index is 0.0107. The smallest absolute Gasteiger partial charge is 0.223 e. The van der Waals surface area contributed by atoms with E-state index in [1.807, 2.05) is 0 Å². The Morgan fingerprint density at radius 1 is 1.17 bits per heavy atom. The molecule has 2 N–H and O–H groups in total. The Hall–Kier alpha value is -1.88. The highest BCUT2D eigenvalue weighted by atomic mass is 16.2. The molecule has 0 unspecified atom stereocenters. The molecule has 5 nitrogen and oxygen atoms in total. The second kappa shape index (κ2) is 7.79. The van der Waals surface area contributed by atoms with Crippen molar-refractivity contribution in [3.8, 4) is 0 Å². The first-order valence-electron chi connectivity index (χ1n) is 8.97. The number of benzene rings is 1. The van der Waals surface area contributed by atoms with Crippen LogP contribution in [0.4, 0.5) is 0 Å². The number of hydrogen-bond acceptors (Lipinski definition) is 3. The second-order valence-electron chi connectivity index (χ2n) is 7.01. The fourth-order valence-corrected chi connectivity index (χ4v) is 3.30. The van der Waals surface area contributed by atoms with E-state index >= 15 is 0 Å². The van der Waals surface area contributed by atoms with E-state index in [1.54, 1.807) is 0 Å². The van der Waals surface area contributed by atoms with Crippen molar-refractivity contribution in [2.75, 3.05) is 26.2 Å². The van der Waals surface area contributed by atoms with Crippen LogP contribution in [-0.2, 0) is 22.6 Å². The Morgan fingerprint density at radius 3 is 2.67 bits per heavy atom. The number of carbonyl (C=O) groups is 2.